The standard InChI is InChI=1S/C20H21ClN2O5/c1-10(20(27)28-9-15(24)22-14-5-3-2-4-13(14)21)23-18(25)16-11-6-7-12(8-11)17(16)19(23)26/h2-5,10-12,16-17H,6-9H2,1H3,(H,22,24)/t10-,11-,12-,16-,17+/m1/s1. The number of likely N-dealkylation sites (tertiary alicyclic amines) is 1. The second-order valence-electron chi connectivity index (χ2n) is 7.74. The molecule has 1 aromatic rings. The van der Waals surface area contributed by atoms with Crippen molar-refractivity contribution in [3.63, 3.8) is 0 Å². The maximum Gasteiger partial charge on any atom is 0.329 e. The maximum absolute atomic E-state index is 12.8. The molecule has 0 aromatic heterocycles. The zero-order valence-corrected chi connectivity index (χ0v) is 16.1. The van der Waals surface area contributed by atoms with Crippen molar-refractivity contribution in [3.05, 3.63) is 29.3 Å². The van der Waals surface area contributed by atoms with Gasteiger partial charge >= 0.3 is 5.97 Å². The highest BCUT2D eigenvalue weighted by atomic mass is 35.5. The van der Waals surface area contributed by atoms with Crippen LogP contribution in [0, 0.1) is 23.7 Å². The SMILES string of the molecule is C[C@H](C(=O)OCC(=O)Nc1ccccc1Cl)N1C(=O)[C@@H]2[C@@H]3CC[C@H](C3)[C@@H]2C1=O. The fourth-order valence-corrected chi connectivity index (χ4v) is 5.11. The number of para-hydroxylation sites is 1. The summed E-state index contributed by atoms with van der Waals surface area (Å²) in [6, 6.07) is 5.65. The third-order valence-electron chi connectivity index (χ3n) is 6.18. The first-order valence-electron chi connectivity index (χ1n) is 9.46. The van der Waals surface area contributed by atoms with Crippen LogP contribution in [0.25, 0.3) is 0 Å². The van der Waals surface area contributed by atoms with E-state index in [1.165, 1.54) is 6.92 Å². The molecule has 3 aliphatic rings. The lowest BCUT2D eigenvalue weighted by Gasteiger charge is -2.23. The second kappa shape index (κ2) is 7.20. The van der Waals surface area contributed by atoms with Crippen LogP contribution >= 0.6 is 11.6 Å². The van der Waals surface area contributed by atoms with E-state index < -0.39 is 24.5 Å². The highest BCUT2D eigenvalue weighted by Crippen LogP contribution is 2.56. The van der Waals surface area contributed by atoms with E-state index in [0.717, 1.165) is 24.2 Å². The fourth-order valence-electron chi connectivity index (χ4n) is 4.93. The van der Waals surface area contributed by atoms with Crippen LogP contribution in [0.5, 0.6) is 0 Å². The quantitative estimate of drug-likeness (QED) is 0.600. The van der Waals surface area contributed by atoms with E-state index in [1.54, 1.807) is 24.3 Å². The molecule has 1 saturated heterocycles. The summed E-state index contributed by atoms with van der Waals surface area (Å²) in [4.78, 5) is 50.9. The Kier molecular flexibility index (Phi) is 4.87. The number of rotatable bonds is 5. The molecule has 7 nitrogen and oxygen atoms in total. The van der Waals surface area contributed by atoms with Crippen LogP contribution in [-0.2, 0) is 23.9 Å². The van der Waals surface area contributed by atoms with Gasteiger partial charge in [-0.15, -0.1) is 0 Å². The lowest BCUT2D eigenvalue weighted by Crippen LogP contribution is -2.45. The number of nitrogens with one attached hydrogen (secondary N) is 1. The van der Waals surface area contributed by atoms with Crippen LogP contribution in [0.2, 0.25) is 5.02 Å². The molecule has 1 heterocycles. The Morgan fingerprint density at radius 1 is 1.18 bits per heavy atom. The van der Waals surface area contributed by atoms with Crippen molar-refractivity contribution in [2.24, 2.45) is 23.7 Å². The molecule has 0 radical (unpaired) electrons. The third-order valence-corrected chi connectivity index (χ3v) is 6.51. The van der Waals surface area contributed by atoms with Gasteiger partial charge in [0.25, 0.3) is 5.91 Å². The van der Waals surface area contributed by atoms with E-state index in [9.17, 15) is 19.2 Å². The number of amides is 3. The number of halogens is 1. The van der Waals surface area contributed by atoms with Crippen LogP contribution in [0.4, 0.5) is 5.69 Å². The Morgan fingerprint density at radius 3 is 2.39 bits per heavy atom. The molecule has 0 unspecified atom stereocenters. The minimum atomic E-state index is -1.04. The first kappa shape index (κ1) is 18.9. The Bertz CT molecular complexity index is 829. The predicted molar refractivity (Wildman–Crippen MR) is 100 cm³/mol. The molecule has 4 rings (SSSR count). The van der Waals surface area contributed by atoms with Gasteiger partial charge < -0.3 is 10.1 Å². The van der Waals surface area contributed by atoms with Gasteiger partial charge in [-0.25, -0.2) is 4.79 Å². The normalized spacial score (nSPS) is 29.0. The molecule has 0 spiro atoms. The van der Waals surface area contributed by atoms with E-state index in [4.69, 9.17) is 16.3 Å². The summed E-state index contributed by atoms with van der Waals surface area (Å²) < 4.78 is 5.04. The van der Waals surface area contributed by atoms with E-state index in [1.807, 2.05) is 0 Å². The van der Waals surface area contributed by atoms with Gasteiger partial charge in [-0.3, -0.25) is 19.3 Å². The van der Waals surface area contributed by atoms with Gasteiger partial charge in [-0.05, 0) is 50.2 Å². The monoisotopic (exact) mass is 404 g/mol. The number of carbonyl (C=O) groups excluding carboxylic acids is 4. The van der Waals surface area contributed by atoms with Gasteiger partial charge in [0.1, 0.15) is 6.04 Å². The van der Waals surface area contributed by atoms with Gasteiger partial charge in [0.15, 0.2) is 6.61 Å². The van der Waals surface area contributed by atoms with Gasteiger partial charge in [0.2, 0.25) is 11.8 Å². The third kappa shape index (κ3) is 3.07. The highest BCUT2D eigenvalue weighted by Gasteiger charge is 2.62. The lowest BCUT2D eigenvalue weighted by molar-refractivity contribution is -0.159. The highest BCUT2D eigenvalue weighted by molar-refractivity contribution is 6.33. The van der Waals surface area contributed by atoms with Gasteiger partial charge in [-0.1, -0.05) is 23.7 Å². The molecular weight excluding hydrogens is 384 g/mol. The molecule has 2 saturated carbocycles. The molecule has 2 bridgehead atoms. The summed E-state index contributed by atoms with van der Waals surface area (Å²) in [6.07, 6.45) is 2.88. The first-order chi connectivity index (χ1) is 13.4. The maximum atomic E-state index is 12.8. The van der Waals surface area contributed by atoms with Crippen molar-refractivity contribution >= 4 is 41.0 Å². The molecule has 148 valence electrons. The summed E-state index contributed by atoms with van der Waals surface area (Å²) >= 11 is 5.97. The van der Waals surface area contributed by atoms with E-state index in [0.29, 0.717) is 10.7 Å². The van der Waals surface area contributed by atoms with E-state index >= 15 is 0 Å². The Balaban J connectivity index is 1.35. The number of ether oxygens (including phenoxy) is 1. The molecule has 1 aliphatic heterocycles. The van der Waals surface area contributed by atoms with E-state index in [2.05, 4.69) is 5.32 Å². The van der Waals surface area contributed by atoms with Gasteiger partial charge in [-0.2, -0.15) is 0 Å². The van der Waals surface area contributed by atoms with Crippen molar-refractivity contribution < 1.29 is 23.9 Å². The van der Waals surface area contributed by atoms with Crippen LogP contribution < -0.4 is 5.32 Å². The Hall–Kier alpha value is -2.41. The smallest absolute Gasteiger partial charge is 0.329 e. The summed E-state index contributed by atoms with van der Waals surface area (Å²) in [7, 11) is 0. The van der Waals surface area contributed by atoms with Crippen molar-refractivity contribution in [1.82, 2.24) is 4.90 Å². The average molecular weight is 405 g/mol. The van der Waals surface area contributed by atoms with Crippen LogP contribution in [0.1, 0.15) is 26.2 Å². The summed E-state index contributed by atoms with van der Waals surface area (Å²) in [6.45, 7) is 0.940. The largest absolute Gasteiger partial charge is 0.454 e. The lowest BCUT2D eigenvalue weighted by atomic mass is 9.81. The van der Waals surface area contributed by atoms with Crippen LogP contribution in [-0.4, -0.2) is 41.2 Å². The van der Waals surface area contributed by atoms with Gasteiger partial charge in [0.05, 0.1) is 22.5 Å². The molecule has 1 N–H and O–H groups in total. The number of nitrogens with zero attached hydrogens (tertiary/aromatic N) is 1. The fraction of sp³-hybridized carbons (Fsp3) is 0.500. The molecule has 3 fully saturated rings. The zero-order chi connectivity index (χ0) is 20.0. The van der Waals surface area contributed by atoms with Gasteiger partial charge in [0, 0.05) is 0 Å². The summed E-state index contributed by atoms with van der Waals surface area (Å²) in [5.41, 5.74) is 0.409. The number of imide groups is 1. The summed E-state index contributed by atoms with van der Waals surface area (Å²) in [5.74, 6) is -1.94. The number of hydrogen-bond acceptors (Lipinski definition) is 5. The summed E-state index contributed by atoms with van der Waals surface area (Å²) in [5, 5.41) is 2.91. The molecular formula is C20H21ClN2O5. The van der Waals surface area contributed by atoms with Crippen molar-refractivity contribution in [1.29, 1.82) is 0 Å². The Morgan fingerprint density at radius 2 is 1.79 bits per heavy atom. The number of esters is 1. The molecule has 28 heavy (non-hydrogen) atoms. The second-order valence-corrected chi connectivity index (χ2v) is 8.15. The number of anilines is 1. The zero-order valence-electron chi connectivity index (χ0n) is 15.4. The van der Waals surface area contributed by atoms with Crippen molar-refractivity contribution in [2.75, 3.05) is 11.9 Å². The number of hydrogen-bond donors (Lipinski definition) is 1. The topological polar surface area (TPSA) is 92.8 Å². The minimum absolute atomic E-state index is 0.251. The average Bonchev–Trinajstić information content (AvgIpc) is 3.35. The number of fused-ring (bicyclic) bond motifs is 5. The number of benzene rings is 1. The number of carbonyl (C=O) groups is 4. The van der Waals surface area contributed by atoms with Crippen LogP contribution in [0.15, 0.2) is 24.3 Å². The van der Waals surface area contributed by atoms with Crippen molar-refractivity contribution in [3.8, 4) is 0 Å². The molecule has 1 aromatic carbocycles. The minimum Gasteiger partial charge on any atom is -0.454 e. The van der Waals surface area contributed by atoms with Crippen LogP contribution in [0.3, 0.4) is 0 Å². The molecule has 2 aliphatic carbocycles. The van der Waals surface area contributed by atoms with E-state index in [-0.39, 0.29) is 35.5 Å². The molecule has 5 atom stereocenters. The molecule has 3 amide bonds. The predicted octanol–water partition coefficient (Wildman–Crippen LogP) is 2.24. The van der Waals surface area contributed by atoms with Crippen molar-refractivity contribution in [2.45, 2.75) is 32.2 Å². The Labute approximate surface area is 167 Å². The molecule has 8 heteroatoms. The first-order valence-corrected chi connectivity index (χ1v) is 9.84.